The molecule has 0 saturated carbocycles. The Morgan fingerprint density at radius 2 is 2.00 bits per heavy atom. The third kappa shape index (κ3) is 7.88. The Bertz CT molecular complexity index is 44.3. The lowest BCUT2D eigenvalue weighted by Gasteiger charge is -1.99. The van der Waals surface area contributed by atoms with Crippen molar-refractivity contribution < 1.29 is 5.11 Å². The zero-order valence-corrected chi connectivity index (χ0v) is 5.94. The van der Waals surface area contributed by atoms with E-state index >= 15 is 0 Å². The molecule has 0 aromatic carbocycles. The van der Waals surface area contributed by atoms with Gasteiger partial charge in [-0.1, -0.05) is 0 Å². The number of rotatable bonds is 6. The summed E-state index contributed by atoms with van der Waals surface area (Å²) in [7, 11) is 1.92. The van der Waals surface area contributed by atoms with Crippen LogP contribution in [0, 0.1) is 0 Å². The van der Waals surface area contributed by atoms with E-state index < -0.39 is 0 Å². The van der Waals surface area contributed by atoms with Gasteiger partial charge in [0.25, 0.3) is 0 Å². The van der Waals surface area contributed by atoms with Crippen LogP contribution in [0.4, 0.5) is 0 Å². The molecule has 3 heteroatoms. The minimum Gasteiger partial charge on any atom is -0.320 e. The Balaban J connectivity index is 2.60. The molecule has 55 valence electrons. The molecule has 0 saturated heterocycles. The molecule has 0 aromatic heterocycles. The van der Waals surface area contributed by atoms with E-state index in [1.54, 1.807) is 0 Å². The number of nitrogens with one attached hydrogen (secondary N) is 2. The standard InChI is InChI=1S/C6H15N2O/c1-7-3-2-4-8-5-6-9/h7-8H,2-6H2,1H3. The van der Waals surface area contributed by atoms with Crippen molar-refractivity contribution in [2.75, 3.05) is 33.3 Å². The lowest BCUT2D eigenvalue weighted by molar-refractivity contribution is 0.194. The highest BCUT2D eigenvalue weighted by atomic mass is 16.3. The van der Waals surface area contributed by atoms with Gasteiger partial charge in [0, 0.05) is 6.54 Å². The van der Waals surface area contributed by atoms with Crippen molar-refractivity contribution in [1.82, 2.24) is 10.6 Å². The van der Waals surface area contributed by atoms with Crippen LogP contribution in [0.25, 0.3) is 0 Å². The highest BCUT2D eigenvalue weighted by molar-refractivity contribution is 4.47. The molecule has 0 aliphatic carbocycles. The van der Waals surface area contributed by atoms with Crippen LogP contribution in [0.5, 0.6) is 0 Å². The van der Waals surface area contributed by atoms with Crippen molar-refractivity contribution >= 4 is 0 Å². The van der Waals surface area contributed by atoms with Crippen molar-refractivity contribution in [3.63, 3.8) is 0 Å². The van der Waals surface area contributed by atoms with E-state index in [0.29, 0.717) is 6.54 Å². The summed E-state index contributed by atoms with van der Waals surface area (Å²) in [6.45, 7) is 2.55. The molecule has 3 nitrogen and oxygen atoms in total. The van der Waals surface area contributed by atoms with Gasteiger partial charge in [-0.25, -0.2) is 5.11 Å². The van der Waals surface area contributed by atoms with Crippen molar-refractivity contribution in [3.05, 3.63) is 0 Å². The second kappa shape index (κ2) is 7.88. The van der Waals surface area contributed by atoms with Crippen LogP contribution in [0.3, 0.4) is 0 Å². The summed E-state index contributed by atoms with van der Waals surface area (Å²) in [5.74, 6) is 0. The van der Waals surface area contributed by atoms with Crippen LogP contribution in [-0.4, -0.2) is 33.3 Å². The number of hydrogen-bond acceptors (Lipinski definition) is 2. The summed E-state index contributed by atoms with van der Waals surface area (Å²) in [5.41, 5.74) is 0. The largest absolute Gasteiger partial charge is 0.320 e. The predicted molar refractivity (Wildman–Crippen MR) is 37.0 cm³/mol. The lowest BCUT2D eigenvalue weighted by atomic mass is 10.4. The maximum Gasteiger partial charge on any atom is 0.0946 e. The second-order valence-electron chi connectivity index (χ2n) is 1.91. The molecule has 0 aliphatic heterocycles. The van der Waals surface area contributed by atoms with Crippen LogP contribution < -0.4 is 10.6 Å². The van der Waals surface area contributed by atoms with Crippen molar-refractivity contribution in [1.29, 1.82) is 0 Å². The molecule has 9 heavy (non-hydrogen) atoms. The van der Waals surface area contributed by atoms with Crippen LogP contribution in [-0.2, 0) is 5.11 Å². The molecule has 0 rings (SSSR count). The quantitative estimate of drug-likeness (QED) is 0.482. The summed E-state index contributed by atoms with van der Waals surface area (Å²) in [6, 6.07) is 0. The Morgan fingerprint density at radius 1 is 1.22 bits per heavy atom. The summed E-state index contributed by atoms with van der Waals surface area (Å²) >= 11 is 0. The molecule has 0 atom stereocenters. The summed E-state index contributed by atoms with van der Waals surface area (Å²) in [4.78, 5) is 0. The maximum atomic E-state index is 9.88. The molecular weight excluding hydrogens is 116 g/mol. The van der Waals surface area contributed by atoms with Crippen molar-refractivity contribution in [2.24, 2.45) is 0 Å². The highest BCUT2D eigenvalue weighted by Crippen LogP contribution is 1.69. The summed E-state index contributed by atoms with van der Waals surface area (Å²) in [6.07, 6.45) is 1.09. The molecule has 0 unspecified atom stereocenters. The second-order valence-corrected chi connectivity index (χ2v) is 1.91. The van der Waals surface area contributed by atoms with Gasteiger partial charge in [-0.05, 0) is 26.6 Å². The van der Waals surface area contributed by atoms with Gasteiger partial charge in [-0.2, -0.15) is 0 Å². The first-order chi connectivity index (χ1) is 4.41. The lowest BCUT2D eigenvalue weighted by Crippen LogP contribution is -2.22. The average molecular weight is 131 g/mol. The van der Waals surface area contributed by atoms with Crippen molar-refractivity contribution in [2.45, 2.75) is 6.42 Å². The minimum atomic E-state index is -0.0143. The van der Waals surface area contributed by atoms with Crippen molar-refractivity contribution in [3.8, 4) is 0 Å². The fraction of sp³-hybridized carbons (Fsp3) is 1.00. The van der Waals surface area contributed by atoms with Gasteiger partial charge < -0.3 is 10.6 Å². The van der Waals surface area contributed by atoms with E-state index in [1.807, 2.05) is 7.05 Å². The topological polar surface area (TPSA) is 44.0 Å². The molecular formula is C6H15N2O. The average Bonchev–Trinajstić information content (AvgIpc) is 1.89. The Kier molecular flexibility index (Phi) is 7.77. The molecule has 2 N–H and O–H groups in total. The van der Waals surface area contributed by atoms with Gasteiger partial charge in [-0.3, -0.25) is 0 Å². The molecule has 1 radical (unpaired) electrons. The van der Waals surface area contributed by atoms with Crippen LogP contribution in [0.1, 0.15) is 6.42 Å². The predicted octanol–water partition coefficient (Wildman–Crippen LogP) is -0.384. The minimum absolute atomic E-state index is 0.0143. The molecule has 0 bridgehead atoms. The zero-order chi connectivity index (χ0) is 6.95. The molecule has 0 aromatic rings. The number of hydrogen-bond donors (Lipinski definition) is 2. The monoisotopic (exact) mass is 131 g/mol. The van der Waals surface area contributed by atoms with Gasteiger partial charge in [0.2, 0.25) is 0 Å². The first-order valence-electron chi connectivity index (χ1n) is 3.35. The molecule has 0 heterocycles. The van der Waals surface area contributed by atoms with Crippen LogP contribution in [0.15, 0.2) is 0 Å². The third-order valence-electron chi connectivity index (χ3n) is 1.06. The first-order valence-corrected chi connectivity index (χ1v) is 3.35. The van der Waals surface area contributed by atoms with E-state index in [4.69, 9.17) is 0 Å². The van der Waals surface area contributed by atoms with E-state index in [1.165, 1.54) is 0 Å². The molecule has 0 amide bonds. The van der Waals surface area contributed by atoms with Crippen LogP contribution >= 0.6 is 0 Å². The van der Waals surface area contributed by atoms with Gasteiger partial charge in [-0.15, -0.1) is 0 Å². The maximum absolute atomic E-state index is 9.88. The van der Waals surface area contributed by atoms with E-state index in [2.05, 4.69) is 10.6 Å². The van der Waals surface area contributed by atoms with E-state index in [9.17, 15) is 5.11 Å². The van der Waals surface area contributed by atoms with E-state index in [-0.39, 0.29) is 6.61 Å². The zero-order valence-electron chi connectivity index (χ0n) is 5.94. The Morgan fingerprint density at radius 3 is 2.56 bits per heavy atom. The Hall–Kier alpha value is -0.120. The van der Waals surface area contributed by atoms with Gasteiger partial charge >= 0.3 is 0 Å². The molecule has 0 fully saturated rings. The SMILES string of the molecule is CNCCCNCC[O]. The fourth-order valence-electron chi connectivity index (χ4n) is 0.587. The van der Waals surface area contributed by atoms with Gasteiger partial charge in [0.15, 0.2) is 0 Å². The first kappa shape index (κ1) is 8.88. The fourth-order valence-corrected chi connectivity index (χ4v) is 0.587. The third-order valence-corrected chi connectivity index (χ3v) is 1.06. The van der Waals surface area contributed by atoms with E-state index in [0.717, 1.165) is 19.5 Å². The normalized spacial score (nSPS) is 10.0. The summed E-state index contributed by atoms with van der Waals surface area (Å²) in [5, 5.41) is 15.9. The summed E-state index contributed by atoms with van der Waals surface area (Å²) < 4.78 is 0. The van der Waals surface area contributed by atoms with Gasteiger partial charge in [0.05, 0.1) is 6.61 Å². The Labute approximate surface area is 56.5 Å². The molecule has 0 aliphatic rings. The van der Waals surface area contributed by atoms with Crippen LogP contribution in [0.2, 0.25) is 0 Å². The smallest absolute Gasteiger partial charge is 0.0946 e. The highest BCUT2D eigenvalue weighted by Gasteiger charge is 1.84. The van der Waals surface area contributed by atoms with Gasteiger partial charge in [0.1, 0.15) is 0 Å². The molecule has 0 spiro atoms.